The fraction of sp³-hybridized carbons (Fsp3) is 0.368. The SMILES string of the molecule is COc1c(Cl)cc(C(=O)OCC(=O)c2cc(C)n(C3CC3)c2C)cc1Cl. The number of esters is 1. The molecule has 2 aromatic rings. The van der Waals surface area contributed by atoms with Crippen molar-refractivity contribution in [1.82, 2.24) is 4.57 Å². The third-order valence-electron chi connectivity index (χ3n) is 4.47. The molecule has 1 saturated carbocycles. The molecule has 0 atom stereocenters. The van der Waals surface area contributed by atoms with Gasteiger partial charge in [0.1, 0.15) is 0 Å². The average Bonchev–Trinajstić information content (AvgIpc) is 3.37. The fourth-order valence-electron chi connectivity index (χ4n) is 3.12. The van der Waals surface area contributed by atoms with Gasteiger partial charge >= 0.3 is 5.97 Å². The maximum absolute atomic E-state index is 12.5. The van der Waals surface area contributed by atoms with E-state index in [1.165, 1.54) is 19.2 Å². The predicted molar refractivity (Wildman–Crippen MR) is 99.8 cm³/mol. The number of halogens is 2. The molecule has 0 aliphatic heterocycles. The molecule has 3 rings (SSSR count). The molecular weight excluding hydrogens is 377 g/mol. The molecular formula is C19H19Cl2NO4. The Bertz CT molecular complexity index is 861. The summed E-state index contributed by atoms with van der Waals surface area (Å²) in [6.07, 6.45) is 2.27. The number of benzene rings is 1. The first-order valence-electron chi connectivity index (χ1n) is 8.25. The summed E-state index contributed by atoms with van der Waals surface area (Å²) in [5.41, 5.74) is 2.72. The van der Waals surface area contributed by atoms with Crippen LogP contribution in [-0.2, 0) is 4.74 Å². The molecule has 0 saturated heterocycles. The van der Waals surface area contributed by atoms with E-state index in [0.29, 0.717) is 11.6 Å². The predicted octanol–water partition coefficient (Wildman–Crippen LogP) is 4.79. The first-order chi connectivity index (χ1) is 12.3. The molecule has 0 N–H and O–H groups in total. The second-order valence-corrected chi connectivity index (χ2v) is 7.17. The minimum atomic E-state index is -0.666. The molecule has 0 unspecified atom stereocenters. The standard InChI is InChI=1S/C19H19Cl2NO4/c1-10-6-14(11(2)22(10)13-4-5-13)17(23)9-26-19(24)12-7-15(20)18(25-3)16(21)8-12/h6-8,13H,4-5,9H2,1-3H3. The molecule has 5 nitrogen and oxygen atoms in total. The van der Waals surface area contributed by atoms with Crippen molar-refractivity contribution >= 4 is 35.0 Å². The number of ketones is 1. The number of hydrogen-bond acceptors (Lipinski definition) is 4. The quantitative estimate of drug-likeness (QED) is 0.520. The molecule has 1 aromatic carbocycles. The summed E-state index contributed by atoms with van der Waals surface area (Å²) in [5, 5.41) is 0.400. The lowest BCUT2D eigenvalue weighted by atomic mass is 10.1. The lowest BCUT2D eigenvalue weighted by Crippen LogP contribution is -2.15. The second kappa shape index (κ2) is 7.33. The maximum atomic E-state index is 12.5. The van der Waals surface area contributed by atoms with Crippen molar-refractivity contribution in [3.05, 3.63) is 50.8 Å². The number of nitrogens with zero attached hydrogens (tertiary/aromatic N) is 1. The minimum Gasteiger partial charge on any atom is -0.494 e. The van der Waals surface area contributed by atoms with Gasteiger partial charge < -0.3 is 14.0 Å². The molecule has 1 aliphatic rings. The number of rotatable bonds is 6. The molecule has 1 heterocycles. The normalized spacial score (nSPS) is 13.6. The zero-order valence-corrected chi connectivity index (χ0v) is 16.3. The van der Waals surface area contributed by atoms with Crippen LogP contribution in [0.25, 0.3) is 0 Å². The zero-order chi connectivity index (χ0) is 19.0. The molecule has 26 heavy (non-hydrogen) atoms. The Morgan fingerprint density at radius 2 is 1.77 bits per heavy atom. The van der Waals surface area contributed by atoms with E-state index in [9.17, 15) is 9.59 Å². The number of Topliss-reactive ketones (excluding diaryl/α,β-unsaturated/α-hetero) is 1. The van der Waals surface area contributed by atoms with Crippen molar-refractivity contribution < 1.29 is 19.1 Å². The molecule has 0 radical (unpaired) electrons. The third-order valence-corrected chi connectivity index (χ3v) is 5.03. The first kappa shape index (κ1) is 18.8. The van der Waals surface area contributed by atoms with Gasteiger partial charge in [0, 0.05) is 23.0 Å². The van der Waals surface area contributed by atoms with Crippen molar-refractivity contribution in [2.24, 2.45) is 0 Å². The van der Waals surface area contributed by atoms with Crippen LogP contribution in [0.15, 0.2) is 18.2 Å². The summed E-state index contributed by atoms with van der Waals surface area (Å²) in [7, 11) is 1.43. The average molecular weight is 396 g/mol. The monoisotopic (exact) mass is 395 g/mol. The lowest BCUT2D eigenvalue weighted by Gasteiger charge is -2.09. The summed E-state index contributed by atoms with van der Waals surface area (Å²) in [5.74, 6) is -0.613. The van der Waals surface area contributed by atoms with Gasteiger partial charge in [0.05, 0.1) is 22.7 Å². The van der Waals surface area contributed by atoms with Gasteiger partial charge in [0.25, 0.3) is 0 Å². The maximum Gasteiger partial charge on any atom is 0.338 e. The minimum absolute atomic E-state index is 0.164. The van der Waals surface area contributed by atoms with Crippen LogP contribution in [0, 0.1) is 13.8 Å². The van der Waals surface area contributed by atoms with E-state index in [0.717, 1.165) is 24.2 Å². The van der Waals surface area contributed by atoms with Gasteiger partial charge in [0.2, 0.25) is 5.78 Å². The summed E-state index contributed by atoms with van der Waals surface area (Å²) in [4.78, 5) is 24.7. The van der Waals surface area contributed by atoms with Gasteiger partial charge in [-0.05, 0) is 44.9 Å². The van der Waals surface area contributed by atoms with Crippen LogP contribution in [-0.4, -0.2) is 30.0 Å². The van der Waals surface area contributed by atoms with Gasteiger partial charge in [-0.1, -0.05) is 23.2 Å². The number of aryl methyl sites for hydroxylation is 1. The van der Waals surface area contributed by atoms with E-state index in [4.69, 9.17) is 32.7 Å². The lowest BCUT2D eigenvalue weighted by molar-refractivity contribution is 0.0474. The van der Waals surface area contributed by atoms with Crippen LogP contribution in [0.1, 0.15) is 51.0 Å². The molecule has 7 heteroatoms. The summed E-state index contributed by atoms with van der Waals surface area (Å²) in [6.45, 7) is 3.56. The van der Waals surface area contributed by atoms with Crippen molar-refractivity contribution in [3.63, 3.8) is 0 Å². The van der Waals surface area contributed by atoms with Gasteiger partial charge in [0.15, 0.2) is 12.4 Å². The largest absolute Gasteiger partial charge is 0.494 e. The molecule has 138 valence electrons. The smallest absolute Gasteiger partial charge is 0.338 e. The molecule has 0 spiro atoms. The highest BCUT2D eigenvalue weighted by Gasteiger charge is 2.28. The van der Waals surface area contributed by atoms with Crippen LogP contribution in [0.5, 0.6) is 5.75 Å². The van der Waals surface area contributed by atoms with Crippen molar-refractivity contribution in [2.45, 2.75) is 32.7 Å². The van der Waals surface area contributed by atoms with Crippen LogP contribution >= 0.6 is 23.2 Å². The topological polar surface area (TPSA) is 57.5 Å². The molecule has 0 amide bonds. The van der Waals surface area contributed by atoms with Gasteiger partial charge in [-0.25, -0.2) is 4.79 Å². The number of aromatic nitrogens is 1. The third kappa shape index (κ3) is 3.60. The Hall–Kier alpha value is -1.98. The second-order valence-electron chi connectivity index (χ2n) is 6.36. The van der Waals surface area contributed by atoms with Crippen molar-refractivity contribution in [2.75, 3.05) is 13.7 Å². The highest BCUT2D eigenvalue weighted by molar-refractivity contribution is 6.37. The number of carbonyl (C=O) groups excluding carboxylic acids is 2. The Morgan fingerprint density at radius 3 is 2.31 bits per heavy atom. The van der Waals surface area contributed by atoms with E-state index in [1.807, 2.05) is 19.9 Å². The first-order valence-corrected chi connectivity index (χ1v) is 9.00. The number of hydrogen-bond donors (Lipinski definition) is 0. The fourth-order valence-corrected chi connectivity index (χ4v) is 3.76. The van der Waals surface area contributed by atoms with E-state index in [-0.39, 0.29) is 33.7 Å². The van der Waals surface area contributed by atoms with Crippen LogP contribution in [0.4, 0.5) is 0 Å². The van der Waals surface area contributed by atoms with E-state index in [1.54, 1.807) is 0 Å². The zero-order valence-electron chi connectivity index (χ0n) is 14.8. The summed E-state index contributed by atoms with van der Waals surface area (Å²) >= 11 is 12.1. The van der Waals surface area contributed by atoms with Crippen LogP contribution in [0.3, 0.4) is 0 Å². The Morgan fingerprint density at radius 1 is 1.15 bits per heavy atom. The molecule has 0 bridgehead atoms. The van der Waals surface area contributed by atoms with Crippen LogP contribution in [0.2, 0.25) is 10.0 Å². The van der Waals surface area contributed by atoms with Gasteiger partial charge in [-0.15, -0.1) is 0 Å². The highest BCUT2D eigenvalue weighted by atomic mass is 35.5. The summed E-state index contributed by atoms with van der Waals surface area (Å²) < 4.78 is 12.4. The van der Waals surface area contributed by atoms with Gasteiger partial charge in [-0.2, -0.15) is 0 Å². The Kier molecular flexibility index (Phi) is 5.30. The van der Waals surface area contributed by atoms with Gasteiger partial charge in [-0.3, -0.25) is 4.79 Å². The molecule has 1 aromatic heterocycles. The number of ether oxygens (including phenoxy) is 2. The van der Waals surface area contributed by atoms with E-state index >= 15 is 0 Å². The molecule has 1 aliphatic carbocycles. The molecule has 1 fully saturated rings. The highest BCUT2D eigenvalue weighted by Crippen LogP contribution is 2.38. The summed E-state index contributed by atoms with van der Waals surface area (Å²) in [6, 6.07) is 5.14. The Balaban J connectivity index is 1.70. The van der Waals surface area contributed by atoms with Crippen molar-refractivity contribution in [1.29, 1.82) is 0 Å². The number of carbonyl (C=O) groups is 2. The van der Waals surface area contributed by atoms with E-state index < -0.39 is 5.97 Å². The van der Waals surface area contributed by atoms with Crippen molar-refractivity contribution in [3.8, 4) is 5.75 Å². The van der Waals surface area contributed by atoms with E-state index in [2.05, 4.69) is 4.57 Å². The van der Waals surface area contributed by atoms with Crippen LogP contribution < -0.4 is 4.74 Å². The Labute approximate surface area is 161 Å². The number of methoxy groups -OCH3 is 1.